The molecule has 0 radical (unpaired) electrons. The normalized spacial score (nSPS) is 32.0. The van der Waals surface area contributed by atoms with Crippen LogP contribution < -0.4 is 0 Å². The highest BCUT2D eigenvalue weighted by molar-refractivity contribution is 4.89. The second-order valence-corrected chi connectivity index (χ2v) is 5.25. The zero-order valence-corrected chi connectivity index (χ0v) is 10.4. The van der Waals surface area contributed by atoms with E-state index in [2.05, 4.69) is 22.8 Å². The Bertz CT molecular complexity index is 258. The molecule has 2 atom stereocenters. The van der Waals surface area contributed by atoms with Crippen LogP contribution >= 0.6 is 0 Å². The Morgan fingerprint density at radius 1 is 1.31 bits per heavy atom. The Morgan fingerprint density at radius 2 is 2.19 bits per heavy atom. The van der Waals surface area contributed by atoms with Crippen LogP contribution in [0.1, 0.15) is 39.0 Å². The number of unbranched alkanes of at least 4 members (excludes halogenated alkanes) is 1. The first kappa shape index (κ1) is 11.9. The van der Waals surface area contributed by atoms with Crippen molar-refractivity contribution in [3.63, 3.8) is 0 Å². The molecule has 2 unspecified atom stereocenters. The molecule has 2 rings (SSSR count). The van der Waals surface area contributed by atoms with Crippen molar-refractivity contribution in [2.45, 2.75) is 51.1 Å². The van der Waals surface area contributed by atoms with E-state index in [-0.39, 0.29) is 0 Å². The van der Waals surface area contributed by atoms with Gasteiger partial charge in [0.1, 0.15) is 0 Å². The van der Waals surface area contributed by atoms with Gasteiger partial charge in [0.05, 0.1) is 6.07 Å². The van der Waals surface area contributed by atoms with Crippen molar-refractivity contribution in [3.05, 3.63) is 0 Å². The van der Waals surface area contributed by atoms with E-state index in [9.17, 15) is 0 Å². The van der Waals surface area contributed by atoms with Gasteiger partial charge in [-0.1, -0.05) is 6.42 Å². The van der Waals surface area contributed by atoms with Crippen molar-refractivity contribution in [2.24, 2.45) is 0 Å². The molecule has 90 valence electrons. The third-order valence-corrected chi connectivity index (χ3v) is 4.05. The van der Waals surface area contributed by atoms with Gasteiger partial charge in [0, 0.05) is 31.6 Å². The van der Waals surface area contributed by atoms with E-state index in [0.717, 1.165) is 19.0 Å². The highest BCUT2D eigenvalue weighted by Crippen LogP contribution is 2.23. The molecule has 2 heterocycles. The first-order valence-electron chi connectivity index (χ1n) is 6.66. The van der Waals surface area contributed by atoms with E-state index in [4.69, 9.17) is 5.26 Å². The van der Waals surface area contributed by atoms with Crippen LogP contribution in [0.15, 0.2) is 0 Å². The lowest BCUT2D eigenvalue weighted by Gasteiger charge is -2.47. The number of piperazine rings is 1. The lowest BCUT2D eigenvalue weighted by Crippen LogP contribution is -2.58. The molecule has 0 spiro atoms. The molecule has 0 aromatic rings. The van der Waals surface area contributed by atoms with Gasteiger partial charge in [0.2, 0.25) is 0 Å². The smallest absolute Gasteiger partial charge is 0.0622 e. The summed E-state index contributed by atoms with van der Waals surface area (Å²) in [5, 5.41) is 8.57. The zero-order chi connectivity index (χ0) is 11.4. The molecule has 3 nitrogen and oxygen atoms in total. The molecule has 2 aliphatic rings. The van der Waals surface area contributed by atoms with Crippen LogP contribution in [0.4, 0.5) is 0 Å². The van der Waals surface area contributed by atoms with Gasteiger partial charge in [-0.05, 0) is 39.3 Å². The molecular weight excluding hydrogens is 198 g/mol. The van der Waals surface area contributed by atoms with Gasteiger partial charge in [0.15, 0.2) is 0 Å². The topological polar surface area (TPSA) is 30.3 Å². The molecule has 0 N–H and O–H groups in total. The second-order valence-electron chi connectivity index (χ2n) is 5.25. The third kappa shape index (κ3) is 2.75. The molecule has 0 amide bonds. The van der Waals surface area contributed by atoms with E-state index in [1.54, 1.807) is 0 Å². The summed E-state index contributed by atoms with van der Waals surface area (Å²) in [7, 11) is 0. The highest BCUT2D eigenvalue weighted by atomic mass is 15.3. The zero-order valence-electron chi connectivity index (χ0n) is 10.4. The molecule has 0 saturated carbocycles. The summed E-state index contributed by atoms with van der Waals surface area (Å²) < 4.78 is 0. The van der Waals surface area contributed by atoms with E-state index < -0.39 is 0 Å². The molecule has 2 fully saturated rings. The number of hydrogen-bond donors (Lipinski definition) is 0. The van der Waals surface area contributed by atoms with Crippen molar-refractivity contribution in [3.8, 4) is 6.07 Å². The molecule has 2 aliphatic heterocycles. The number of fused-ring (bicyclic) bond motifs is 1. The minimum atomic E-state index is 0.674. The van der Waals surface area contributed by atoms with Gasteiger partial charge in [-0.3, -0.25) is 9.80 Å². The van der Waals surface area contributed by atoms with Crippen molar-refractivity contribution < 1.29 is 0 Å². The van der Waals surface area contributed by atoms with Crippen molar-refractivity contribution in [1.82, 2.24) is 9.80 Å². The minimum absolute atomic E-state index is 0.674. The molecule has 0 bridgehead atoms. The predicted molar refractivity (Wildman–Crippen MR) is 65.1 cm³/mol. The Hall–Kier alpha value is -0.590. The number of rotatable bonds is 3. The summed E-state index contributed by atoms with van der Waals surface area (Å²) in [4.78, 5) is 5.26. The van der Waals surface area contributed by atoms with Crippen LogP contribution in [0.25, 0.3) is 0 Å². The lowest BCUT2D eigenvalue weighted by molar-refractivity contribution is 0.0151. The van der Waals surface area contributed by atoms with Crippen molar-refractivity contribution in [2.75, 3.05) is 26.2 Å². The summed E-state index contributed by atoms with van der Waals surface area (Å²) in [5.74, 6) is 0. The Morgan fingerprint density at radius 3 is 3.00 bits per heavy atom. The fraction of sp³-hybridized carbons (Fsp3) is 0.923. The van der Waals surface area contributed by atoms with Gasteiger partial charge >= 0.3 is 0 Å². The molecule has 16 heavy (non-hydrogen) atoms. The largest absolute Gasteiger partial charge is 0.298 e. The quantitative estimate of drug-likeness (QED) is 0.681. The van der Waals surface area contributed by atoms with Gasteiger partial charge in [-0.25, -0.2) is 0 Å². The van der Waals surface area contributed by atoms with Crippen LogP contribution in [0.2, 0.25) is 0 Å². The van der Waals surface area contributed by atoms with Gasteiger partial charge in [-0.2, -0.15) is 5.26 Å². The SMILES string of the molecule is CC1CN2CCCCC2CN1CCCC#N. The molecule has 0 aliphatic carbocycles. The van der Waals surface area contributed by atoms with Crippen molar-refractivity contribution >= 4 is 0 Å². The summed E-state index contributed by atoms with van der Waals surface area (Å²) >= 11 is 0. The van der Waals surface area contributed by atoms with Crippen LogP contribution in [0.3, 0.4) is 0 Å². The Kier molecular flexibility index (Phi) is 4.20. The van der Waals surface area contributed by atoms with E-state index >= 15 is 0 Å². The first-order chi connectivity index (χ1) is 7.81. The summed E-state index contributed by atoms with van der Waals surface area (Å²) in [6.45, 7) is 7.21. The molecular formula is C13H23N3. The van der Waals surface area contributed by atoms with E-state index in [1.807, 2.05) is 0 Å². The van der Waals surface area contributed by atoms with Gasteiger partial charge in [0.25, 0.3) is 0 Å². The summed E-state index contributed by atoms with van der Waals surface area (Å²) in [6, 6.07) is 3.71. The Balaban J connectivity index is 1.83. The number of nitrogens with zero attached hydrogens (tertiary/aromatic N) is 3. The maximum atomic E-state index is 8.57. The first-order valence-corrected chi connectivity index (χ1v) is 6.66. The number of piperidine rings is 1. The maximum absolute atomic E-state index is 8.57. The van der Waals surface area contributed by atoms with Crippen molar-refractivity contribution in [1.29, 1.82) is 5.26 Å². The van der Waals surface area contributed by atoms with Gasteiger partial charge < -0.3 is 0 Å². The predicted octanol–water partition coefficient (Wildman–Crippen LogP) is 1.85. The standard InChI is InChI=1S/C13H23N3/c1-12-10-16-9-4-2-6-13(16)11-15(12)8-5-3-7-14/h12-13H,2-6,8-11H2,1H3. The van der Waals surface area contributed by atoms with Gasteiger partial charge in [-0.15, -0.1) is 0 Å². The lowest BCUT2D eigenvalue weighted by atomic mass is 9.97. The monoisotopic (exact) mass is 221 g/mol. The molecule has 2 saturated heterocycles. The van der Waals surface area contributed by atoms with E-state index in [0.29, 0.717) is 12.5 Å². The third-order valence-electron chi connectivity index (χ3n) is 4.05. The Labute approximate surface area is 99.0 Å². The average Bonchev–Trinajstić information content (AvgIpc) is 2.30. The molecule has 3 heteroatoms. The number of hydrogen-bond acceptors (Lipinski definition) is 3. The molecule has 0 aromatic heterocycles. The number of nitriles is 1. The minimum Gasteiger partial charge on any atom is -0.298 e. The molecule has 0 aromatic carbocycles. The summed E-state index contributed by atoms with van der Waals surface area (Å²) in [5.41, 5.74) is 0. The maximum Gasteiger partial charge on any atom is 0.0622 e. The fourth-order valence-electron chi connectivity index (χ4n) is 3.09. The highest BCUT2D eigenvalue weighted by Gasteiger charge is 2.32. The van der Waals surface area contributed by atoms with Crippen LogP contribution in [0, 0.1) is 11.3 Å². The fourth-order valence-corrected chi connectivity index (χ4v) is 3.09. The van der Waals surface area contributed by atoms with Crippen LogP contribution in [-0.4, -0.2) is 48.1 Å². The second kappa shape index (κ2) is 5.65. The van der Waals surface area contributed by atoms with Crippen LogP contribution in [-0.2, 0) is 0 Å². The van der Waals surface area contributed by atoms with Crippen LogP contribution in [0.5, 0.6) is 0 Å². The van der Waals surface area contributed by atoms with E-state index in [1.165, 1.54) is 38.9 Å². The summed E-state index contributed by atoms with van der Waals surface area (Å²) in [6.07, 6.45) is 5.91. The average molecular weight is 221 g/mol.